The molecule has 2 aromatic carbocycles. The summed E-state index contributed by atoms with van der Waals surface area (Å²) in [6.45, 7) is 2.00. The van der Waals surface area contributed by atoms with Crippen LogP contribution in [0, 0.1) is 0 Å². The number of quaternary nitrogens is 1. The van der Waals surface area contributed by atoms with Gasteiger partial charge in [0.1, 0.15) is 6.54 Å². The number of nitrogens with zero attached hydrogens (tertiary/aromatic N) is 3. The Balaban J connectivity index is 0.00000272. The van der Waals surface area contributed by atoms with Crippen molar-refractivity contribution in [1.82, 2.24) is 4.90 Å². The first-order valence-corrected chi connectivity index (χ1v) is 10.4. The number of anilines is 1. The first-order valence-electron chi connectivity index (χ1n) is 10.4. The average molecular weight is 446 g/mol. The second kappa shape index (κ2) is 8.48. The minimum absolute atomic E-state index is 0. The predicted octanol–water partition coefficient (Wildman–Crippen LogP) is 0.0685. The fraction of sp³-hybridized carbons (Fsp3) is 0.435. The molecule has 0 bridgehead atoms. The van der Waals surface area contributed by atoms with Gasteiger partial charge in [-0.1, -0.05) is 18.6 Å². The molecule has 0 atom stereocenters. The third-order valence-electron chi connectivity index (χ3n) is 6.07. The highest BCUT2D eigenvalue weighted by atomic mass is 35.5. The van der Waals surface area contributed by atoms with Crippen LogP contribution in [0.4, 0.5) is 5.69 Å². The van der Waals surface area contributed by atoms with Crippen LogP contribution in [-0.4, -0.2) is 66.6 Å². The zero-order chi connectivity index (χ0) is 21.6. The normalized spacial score (nSPS) is 16.9. The van der Waals surface area contributed by atoms with Gasteiger partial charge in [-0.15, -0.1) is 0 Å². The molecule has 1 N–H and O–H groups in total. The number of unbranched alkanes of at least 4 members (excludes halogenated alkanes) is 2. The average Bonchev–Trinajstić information content (AvgIpc) is 2.67. The largest absolute Gasteiger partial charge is 1.00 e. The van der Waals surface area contributed by atoms with Crippen molar-refractivity contribution in [3.63, 3.8) is 0 Å². The number of carbonyl (C=O) groups is 3. The Morgan fingerprint density at radius 1 is 1.10 bits per heavy atom. The molecule has 0 radical (unpaired) electrons. The maximum Gasteiger partial charge on any atom is 0.303 e. The Kier molecular flexibility index (Phi) is 6.30. The summed E-state index contributed by atoms with van der Waals surface area (Å²) in [7, 11) is 6.40. The van der Waals surface area contributed by atoms with Gasteiger partial charge in [0.25, 0.3) is 11.8 Å². The highest BCUT2D eigenvalue weighted by molar-refractivity contribution is 6.26. The number of hydrogen-bond acceptors (Lipinski definition) is 4. The monoisotopic (exact) mass is 445 g/mol. The summed E-state index contributed by atoms with van der Waals surface area (Å²) in [6.07, 6.45) is 1.92. The number of fused-ring (bicyclic) bond motifs is 2. The number of amides is 2. The Morgan fingerprint density at radius 3 is 2.52 bits per heavy atom. The van der Waals surface area contributed by atoms with Crippen LogP contribution in [-0.2, 0) is 11.3 Å². The fourth-order valence-corrected chi connectivity index (χ4v) is 4.82. The van der Waals surface area contributed by atoms with E-state index in [9.17, 15) is 14.4 Å². The maximum absolute atomic E-state index is 13.3. The Morgan fingerprint density at radius 2 is 1.81 bits per heavy atom. The molecular formula is C23H28ClN3O4. The van der Waals surface area contributed by atoms with Gasteiger partial charge in [-0.3, -0.25) is 19.3 Å². The van der Waals surface area contributed by atoms with Gasteiger partial charge in [-0.25, -0.2) is 0 Å². The van der Waals surface area contributed by atoms with Gasteiger partial charge in [0, 0.05) is 36.5 Å². The molecule has 2 heterocycles. The Hall–Kier alpha value is -2.64. The van der Waals surface area contributed by atoms with Gasteiger partial charge < -0.3 is 26.9 Å². The van der Waals surface area contributed by atoms with Crippen molar-refractivity contribution in [2.75, 3.05) is 39.3 Å². The molecule has 0 spiro atoms. The molecule has 166 valence electrons. The standard InChI is InChI=1S/C23H27N3O4.ClH/c1-24-14-26(2,3)13-18-15-8-7-9-16-21(15)17(12-19(18)24)23(30)25(22(16)29)11-6-4-5-10-20(27)28;/h7-9,12H,4-6,10-11,13-14H2,1-3H3;1H. The number of hydrogen-bond donors (Lipinski definition) is 1. The SMILES string of the molecule is CN1C[N+](C)(C)Cc2c1cc1c3c(cccc23)C(=O)N(CCCCCC(=O)O)C1=O.[Cl-]. The molecule has 0 fully saturated rings. The summed E-state index contributed by atoms with van der Waals surface area (Å²) >= 11 is 0. The van der Waals surface area contributed by atoms with E-state index in [0.717, 1.165) is 34.2 Å². The number of carboxylic acid groups (broad SMARTS) is 1. The topological polar surface area (TPSA) is 77.9 Å². The number of carboxylic acids is 1. The van der Waals surface area contributed by atoms with Crippen LogP contribution in [0.2, 0.25) is 0 Å². The van der Waals surface area contributed by atoms with Gasteiger partial charge in [0.2, 0.25) is 0 Å². The molecule has 7 nitrogen and oxygen atoms in total. The molecule has 0 saturated heterocycles. The smallest absolute Gasteiger partial charge is 0.303 e. The molecule has 0 aliphatic carbocycles. The van der Waals surface area contributed by atoms with Crippen molar-refractivity contribution in [2.24, 2.45) is 0 Å². The molecular weight excluding hydrogens is 418 g/mol. The van der Waals surface area contributed by atoms with Crippen LogP contribution < -0.4 is 17.3 Å². The number of halogens is 1. The van der Waals surface area contributed by atoms with E-state index < -0.39 is 5.97 Å². The second-order valence-electron chi connectivity index (χ2n) is 9.05. The van der Waals surface area contributed by atoms with E-state index in [2.05, 4.69) is 19.0 Å². The van der Waals surface area contributed by atoms with Crippen LogP contribution in [0.15, 0.2) is 24.3 Å². The Bertz CT molecular complexity index is 1070. The summed E-state index contributed by atoms with van der Waals surface area (Å²) in [6, 6.07) is 7.67. The molecule has 0 unspecified atom stereocenters. The van der Waals surface area contributed by atoms with Crippen LogP contribution in [0.1, 0.15) is 52.0 Å². The first-order chi connectivity index (χ1) is 14.2. The van der Waals surface area contributed by atoms with E-state index in [1.54, 1.807) is 6.07 Å². The van der Waals surface area contributed by atoms with Crippen LogP contribution >= 0.6 is 0 Å². The van der Waals surface area contributed by atoms with E-state index in [0.29, 0.717) is 36.9 Å². The minimum atomic E-state index is -0.823. The third-order valence-corrected chi connectivity index (χ3v) is 6.07. The lowest BCUT2D eigenvalue weighted by Crippen LogP contribution is -3.00. The van der Waals surface area contributed by atoms with E-state index in [1.807, 2.05) is 25.2 Å². The summed E-state index contributed by atoms with van der Waals surface area (Å²) in [5.41, 5.74) is 3.39. The Labute approximate surface area is 188 Å². The van der Waals surface area contributed by atoms with Crippen molar-refractivity contribution in [3.05, 3.63) is 41.0 Å². The predicted molar refractivity (Wildman–Crippen MR) is 115 cm³/mol. The maximum atomic E-state index is 13.3. The lowest BCUT2D eigenvalue weighted by atomic mass is 9.88. The summed E-state index contributed by atoms with van der Waals surface area (Å²) in [5, 5.41) is 10.5. The number of rotatable bonds is 6. The fourth-order valence-electron chi connectivity index (χ4n) is 4.82. The van der Waals surface area contributed by atoms with Gasteiger partial charge in [-0.05, 0) is 30.4 Å². The minimum Gasteiger partial charge on any atom is -1.00 e. The first kappa shape index (κ1) is 23.0. The van der Waals surface area contributed by atoms with E-state index in [4.69, 9.17) is 5.11 Å². The van der Waals surface area contributed by atoms with Gasteiger partial charge >= 0.3 is 5.97 Å². The molecule has 2 aliphatic heterocycles. The van der Waals surface area contributed by atoms with Gasteiger partial charge in [0.05, 0.1) is 25.3 Å². The van der Waals surface area contributed by atoms with Gasteiger partial charge in [-0.2, -0.15) is 0 Å². The highest BCUT2D eigenvalue weighted by Crippen LogP contribution is 2.40. The number of imide groups is 1. The summed E-state index contributed by atoms with van der Waals surface area (Å²) in [5.74, 6) is -1.33. The molecule has 2 aromatic rings. The summed E-state index contributed by atoms with van der Waals surface area (Å²) in [4.78, 5) is 40.6. The second-order valence-corrected chi connectivity index (χ2v) is 9.05. The molecule has 0 saturated carbocycles. The molecule has 0 aromatic heterocycles. The van der Waals surface area contributed by atoms with Crippen molar-refractivity contribution < 1.29 is 36.4 Å². The highest BCUT2D eigenvalue weighted by Gasteiger charge is 2.37. The third kappa shape index (κ3) is 4.12. The molecule has 8 heteroatoms. The van der Waals surface area contributed by atoms with Crippen molar-refractivity contribution >= 4 is 34.2 Å². The van der Waals surface area contributed by atoms with Crippen LogP contribution in [0.5, 0.6) is 0 Å². The number of carbonyl (C=O) groups excluding carboxylic acids is 2. The van der Waals surface area contributed by atoms with Crippen molar-refractivity contribution in [3.8, 4) is 0 Å². The molecule has 2 aliphatic rings. The lowest BCUT2D eigenvalue weighted by Gasteiger charge is -2.41. The van der Waals surface area contributed by atoms with E-state index in [1.165, 1.54) is 10.5 Å². The zero-order valence-electron chi connectivity index (χ0n) is 18.2. The van der Waals surface area contributed by atoms with E-state index in [-0.39, 0.29) is 30.6 Å². The molecule has 2 amide bonds. The number of benzene rings is 2. The zero-order valence-corrected chi connectivity index (χ0v) is 18.9. The molecule has 31 heavy (non-hydrogen) atoms. The number of aliphatic carboxylic acids is 1. The van der Waals surface area contributed by atoms with E-state index >= 15 is 0 Å². The van der Waals surface area contributed by atoms with Crippen LogP contribution in [0.3, 0.4) is 0 Å². The van der Waals surface area contributed by atoms with Crippen molar-refractivity contribution in [1.29, 1.82) is 0 Å². The molecule has 4 rings (SSSR count). The quantitative estimate of drug-likeness (QED) is 0.387. The van der Waals surface area contributed by atoms with Gasteiger partial charge in [0.15, 0.2) is 6.67 Å². The lowest BCUT2D eigenvalue weighted by molar-refractivity contribution is -0.904. The van der Waals surface area contributed by atoms with Crippen LogP contribution in [0.25, 0.3) is 10.8 Å². The summed E-state index contributed by atoms with van der Waals surface area (Å²) < 4.78 is 0.812. The van der Waals surface area contributed by atoms with Crippen molar-refractivity contribution in [2.45, 2.75) is 32.2 Å².